The molecule has 0 atom stereocenters. The molecule has 0 heterocycles. The predicted octanol–water partition coefficient (Wildman–Crippen LogP) is 16.6. The highest BCUT2D eigenvalue weighted by molar-refractivity contribution is 6.07. The van der Waals surface area contributed by atoms with Crippen molar-refractivity contribution in [3.63, 3.8) is 0 Å². The third-order valence-corrected chi connectivity index (χ3v) is 12.6. The van der Waals surface area contributed by atoms with E-state index >= 15 is 0 Å². The molecule has 0 bridgehead atoms. The van der Waals surface area contributed by atoms with Crippen LogP contribution in [0.25, 0.3) is 66.4 Å². The summed E-state index contributed by atoms with van der Waals surface area (Å²) in [5.74, 6) is 0. The van der Waals surface area contributed by atoms with E-state index in [1.54, 1.807) is 0 Å². The van der Waals surface area contributed by atoms with Crippen molar-refractivity contribution in [2.75, 3.05) is 4.90 Å². The van der Waals surface area contributed by atoms with E-state index in [-0.39, 0.29) is 10.8 Å². The molecule has 60 heavy (non-hydrogen) atoms. The van der Waals surface area contributed by atoms with Gasteiger partial charge in [0.2, 0.25) is 0 Å². The third-order valence-electron chi connectivity index (χ3n) is 12.6. The quantitative estimate of drug-likeness (QED) is 0.156. The SMILES string of the molecule is CC(C)(C)c1ccc(-c2ccc(N(c3ccc4c(c3)-c3ccccc3C4(C)C)c3ccc4ccccc4c3-c3cccc(-c4ccccc4)c3)c(-c3ccccc3)c2)cc1. The van der Waals surface area contributed by atoms with E-state index in [1.165, 1.54) is 83.1 Å². The Labute approximate surface area is 355 Å². The first-order chi connectivity index (χ1) is 29.1. The molecule has 0 spiro atoms. The first-order valence-corrected chi connectivity index (χ1v) is 21.2. The molecule has 1 nitrogen and oxygen atoms in total. The normalized spacial score (nSPS) is 12.9. The number of hydrogen-bond donors (Lipinski definition) is 0. The molecule has 1 aliphatic carbocycles. The second-order valence-corrected chi connectivity index (χ2v) is 17.8. The zero-order chi connectivity index (χ0) is 41.0. The minimum Gasteiger partial charge on any atom is -0.309 e. The van der Waals surface area contributed by atoms with Crippen LogP contribution in [0.5, 0.6) is 0 Å². The highest BCUT2D eigenvalue weighted by Crippen LogP contribution is 2.53. The lowest BCUT2D eigenvalue weighted by atomic mass is 9.82. The lowest BCUT2D eigenvalue weighted by Crippen LogP contribution is -2.16. The minimum atomic E-state index is -0.0966. The van der Waals surface area contributed by atoms with E-state index in [1.807, 2.05) is 0 Å². The second-order valence-electron chi connectivity index (χ2n) is 17.8. The summed E-state index contributed by atoms with van der Waals surface area (Å²) in [6, 6.07) is 76.4. The van der Waals surface area contributed by atoms with Crippen LogP contribution in [-0.4, -0.2) is 0 Å². The average molecular weight is 772 g/mol. The van der Waals surface area contributed by atoms with E-state index in [0.29, 0.717) is 0 Å². The van der Waals surface area contributed by atoms with Gasteiger partial charge in [0.05, 0.1) is 11.4 Å². The fraction of sp³-hybridized carbons (Fsp3) is 0.119. The van der Waals surface area contributed by atoms with Gasteiger partial charge in [0.25, 0.3) is 0 Å². The second kappa shape index (κ2) is 14.7. The smallest absolute Gasteiger partial charge is 0.0546 e. The number of rotatable bonds is 7. The van der Waals surface area contributed by atoms with Crippen LogP contribution in [0.1, 0.15) is 51.3 Å². The third kappa shape index (κ3) is 6.52. The van der Waals surface area contributed by atoms with E-state index in [9.17, 15) is 0 Å². The first-order valence-electron chi connectivity index (χ1n) is 21.2. The molecule has 290 valence electrons. The number of benzene rings is 9. The molecule has 0 saturated heterocycles. The van der Waals surface area contributed by atoms with Crippen molar-refractivity contribution in [1.82, 2.24) is 0 Å². The maximum Gasteiger partial charge on any atom is 0.0546 e. The predicted molar refractivity (Wildman–Crippen MR) is 257 cm³/mol. The van der Waals surface area contributed by atoms with E-state index < -0.39 is 0 Å². The molecule has 0 aromatic heterocycles. The summed E-state index contributed by atoms with van der Waals surface area (Å²) in [6.45, 7) is 11.5. The Morgan fingerprint density at radius 3 is 1.73 bits per heavy atom. The summed E-state index contributed by atoms with van der Waals surface area (Å²) in [7, 11) is 0. The zero-order valence-corrected chi connectivity index (χ0v) is 35.1. The molecule has 0 N–H and O–H groups in total. The van der Waals surface area contributed by atoms with Crippen LogP contribution in [0, 0.1) is 0 Å². The Kier molecular flexibility index (Phi) is 9.14. The van der Waals surface area contributed by atoms with Crippen molar-refractivity contribution in [3.05, 3.63) is 223 Å². The number of hydrogen-bond acceptors (Lipinski definition) is 1. The largest absolute Gasteiger partial charge is 0.309 e. The van der Waals surface area contributed by atoms with Gasteiger partial charge in [0.15, 0.2) is 0 Å². The summed E-state index contributed by atoms with van der Waals surface area (Å²) in [6.07, 6.45) is 0. The maximum absolute atomic E-state index is 2.53. The highest BCUT2D eigenvalue weighted by Gasteiger charge is 2.36. The van der Waals surface area contributed by atoms with Crippen LogP contribution in [0.3, 0.4) is 0 Å². The molecule has 9 aromatic rings. The van der Waals surface area contributed by atoms with Gasteiger partial charge in [-0.05, 0) is 114 Å². The molecule has 1 heteroatoms. The van der Waals surface area contributed by atoms with Gasteiger partial charge in [-0.2, -0.15) is 0 Å². The van der Waals surface area contributed by atoms with Gasteiger partial charge in [0.1, 0.15) is 0 Å². The Bertz CT molecular complexity index is 3020. The van der Waals surface area contributed by atoms with Gasteiger partial charge in [-0.25, -0.2) is 0 Å². The van der Waals surface area contributed by atoms with Crippen LogP contribution >= 0.6 is 0 Å². The highest BCUT2D eigenvalue weighted by atomic mass is 15.1. The molecule has 0 amide bonds. The molecular formula is C59H49N. The van der Waals surface area contributed by atoms with E-state index in [2.05, 4.69) is 246 Å². The zero-order valence-electron chi connectivity index (χ0n) is 35.1. The fourth-order valence-corrected chi connectivity index (χ4v) is 9.41. The van der Waals surface area contributed by atoms with Crippen molar-refractivity contribution in [1.29, 1.82) is 0 Å². The summed E-state index contributed by atoms with van der Waals surface area (Å²) in [5.41, 5.74) is 19.6. The van der Waals surface area contributed by atoms with Crippen LogP contribution in [-0.2, 0) is 10.8 Å². The van der Waals surface area contributed by atoms with Gasteiger partial charge < -0.3 is 4.90 Å². The average Bonchev–Trinajstić information content (AvgIpc) is 3.52. The van der Waals surface area contributed by atoms with Gasteiger partial charge in [0, 0.05) is 22.2 Å². The number of nitrogens with zero attached hydrogens (tertiary/aromatic N) is 1. The van der Waals surface area contributed by atoms with Crippen molar-refractivity contribution < 1.29 is 0 Å². The standard InChI is InChI=1S/C59H49N/c1-58(2,3)47-31-27-41(28-32-47)45-30-35-55(51(38-45)42-19-10-7-11-20-42)60(48-33-34-54-52(39-48)50-25-14-15-26-53(50)59(54,4)5)56-36-29-43-21-12-13-24-49(43)57(56)46-23-16-22-44(37-46)40-17-8-6-9-18-40/h6-39H,1-5H3. The summed E-state index contributed by atoms with van der Waals surface area (Å²) < 4.78 is 0. The Balaban J connectivity index is 1.26. The lowest BCUT2D eigenvalue weighted by molar-refractivity contribution is 0.590. The Hall–Kier alpha value is -6.96. The van der Waals surface area contributed by atoms with Crippen molar-refractivity contribution >= 4 is 27.8 Å². The van der Waals surface area contributed by atoms with Crippen molar-refractivity contribution in [2.45, 2.75) is 45.4 Å². The molecule has 0 unspecified atom stereocenters. The first kappa shape index (κ1) is 37.3. The number of anilines is 3. The van der Waals surface area contributed by atoms with Crippen LogP contribution in [0.4, 0.5) is 17.1 Å². The summed E-state index contributed by atoms with van der Waals surface area (Å²) in [5, 5.41) is 2.43. The summed E-state index contributed by atoms with van der Waals surface area (Å²) in [4.78, 5) is 2.53. The molecule has 9 aromatic carbocycles. The maximum atomic E-state index is 2.53. The fourth-order valence-electron chi connectivity index (χ4n) is 9.41. The molecule has 10 rings (SSSR count). The van der Waals surface area contributed by atoms with Crippen LogP contribution in [0.15, 0.2) is 206 Å². The Morgan fingerprint density at radius 2 is 0.967 bits per heavy atom. The molecule has 0 aliphatic heterocycles. The molecule has 0 fully saturated rings. The topological polar surface area (TPSA) is 3.24 Å². The molecule has 0 radical (unpaired) electrons. The van der Waals surface area contributed by atoms with Gasteiger partial charge in [-0.3, -0.25) is 0 Å². The molecule has 1 aliphatic rings. The Morgan fingerprint density at radius 1 is 0.383 bits per heavy atom. The monoisotopic (exact) mass is 771 g/mol. The van der Waals surface area contributed by atoms with Gasteiger partial charge in [-0.1, -0.05) is 204 Å². The minimum absolute atomic E-state index is 0.0852. The van der Waals surface area contributed by atoms with Crippen LogP contribution in [0.2, 0.25) is 0 Å². The van der Waals surface area contributed by atoms with E-state index in [4.69, 9.17) is 0 Å². The summed E-state index contributed by atoms with van der Waals surface area (Å²) >= 11 is 0. The van der Waals surface area contributed by atoms with Gasteiger partial charge >= 0.3 is 0 Å². The molecular weight excluding hydrogens is 723 g/mol. The molecule has 0 saturated carbocycles. The van der Waals surface area contributed by atoms with E-state index in [0.717, 1.165) is 17.1 Å². The van der Waals surface area contributed by atoms with Crippen molar-refractivity contribution in [2.24, 2.45) is 0 Å². The lowest BCUT2D eigenvalue weighted by Gasteiger charge is -2.32. The van der Waals surface area contributed by atoms with Gasteiger partial charge in [-0.15, -0.1) is 0 Å². The van der Waals surface area contributed by atoms with Crippen LogP contribution < -0.4 is 4.90 Å². The van der Waals surface area contributed by atoms with Crippen molar-refractivity contribution in [3.8, 4) is 55.6 Å². The number of fused-ring (bicyclic) bond motifs is 4.